The van der Waals surface area contributed by atoms with E-state index in [0.717, 1.165) is 13.0 Å². The number of amides is 1. The molecular weight excluding hydrogens is 373 g/mol. The van der Waals surface area contributed by atoms with Crippen molar-refractivity contribution in [2.45, 2.75) is 30.4 Å². The lowest BCUT2D eigenvalue weighted by Gasteiger charge is -2.11. The van der Waals surface area contributed by atoms with E-state index in [1.807, 2.05) is 0 Å². The molecule has 8 heteroatoms. The summed E-state index contributed by atoms with van der Waals surface area (Å²) in [4.78, 5) is 13.3. The van der Waals surface area contributed by atoms with Gasteiger partial charge in [-0.25, -0.2) is 4.39 Å². The van der Waals surface area contributed by atoms with Crippen LogP contribution in [0.1, 0.15) is 24.3 Å². The van der Waals surface area contributed by atoms with E-state index in [4.69, 9.17) is 4.42 Å². The predicted molar refractivity (Wildman–Crippen MR) is 82.6 cm³/mol. The standard InChI is InChI=1S/C14H13BrFN3O2S/c15-10-4-3-9(11(16)6-10)8-22-14-18-17-12(21-14)7-19-5-1-2-13(19)20/h3-4,6H,1-2,5,7-8H2. The van der Waals surface area contributed by atoms with Crippen LogP contribution in [0.3, 0.4) is 0 Å². The van der Waals surface area contributed by atoms with Gasteiger partial charge >= 0.3 is 0 Å². The van der Waals surface area contributed by atoms with Crippen LogP contribution in [0.2, 0.25) is 0 Å². The average Bonchev–Trinajstić information content (AvgIpc) is 3.08. The summed E-state index contributed by atoms with van der Waals surface area (Å²) >= 11 is 4.50. The minimum absolute atomic E-state index is 0.115. The number of hydrogen-bond acceptors (Lipinski definition) is 5. The van der Waals surface area contributed by atoms with Crippen LogP contribution in [-0.2, 0) is 17.1 Å². The Hall–Kier alpha value is -1.41. The molecule has 3 rings (SSSR count). The van der Waals surface area contributed by atoms with Crippen LogP contribution in [-0.4, -0.2) is 27.5 Å². The van der Waals surface area contributed by atoms with E-state index < -0.39 is 0 Å². The molecule has 1 aromatic carbocycles. The molecule has 2 heterocycles. The highest BCUT2D eigenvalue weighted by molar-refractivity contribution is 9.10. The molecule has 0 bridgehead atoms. The number of carbonyl (C=O) groups excluding carboxylic acids is 1. The van der Waals surface area contributed by atoms with Gasteiger partial charge in [-0.2, -0.15) is 0 Å². The zero-order valence-electron chi connectivity index (χ0n) is 11.6. The zero-order chi connectivity index (χ0) is 15.5. The summed E-state index contributed by atoms with van der Waals surface area (Å²) in [5.41, 5.74) is 0.572. The number of thioether (sulfide) groups is 1. The first-order valence-electron chi connectivity index (χ1n) is 6.79. The third kappa shape index (κ3) is 3.67. The summed E-state index contributed by atoms with van der Waals surface area (Å²) in [5, 5.41) is 8.23. The first-order chi connectivity index (χ1) is 10.6. The Balaban J connectivity index is 1.58. The number of aromatic nitrogens is 2. The van der Waals surface area contributed by atoms with Crippen LogP contribution in [0.25, 0.3) is 0 Å². The predicted octanol–water partition coefficient (Wildman–Crippen LogP) is 3.39. The lowest BCUT2D eigenvalue weighted by Crippen LogP contribution is -2.23. The minimum atomic E-state index is -0.274. The fraction of sp³-hybridized carbons (Fsp3) is 0.357. The van der Waals surface area contributed by atoms with Crippen molar-refractivity contribution in [1.29, 1.82) is 0 Å². The molecular formula is C14H13BrFN3O2S. The molecule has 1 saturated heterocycles. The molecule has 5 nitrogen and oxygen atoms in total. The Bertz CT molecular complexity index is 694. The maximum atomic E-state index is 13.7. The quantitative estimate of drug-likeness (QED) is 0.738. The van der Waals surface area contributed by atoms with E-state index >= 15 is 0 Å². The summed E-state index contributed by atoms with van der Waals surface area (Å²) in [5.74, 6) is 0.659. The maximum Gasteiger partial charge on any atom is 0.276 e. The number of rotatable bonds is 5. The van der Waals surface area contributed by atoms with Crippen LogP contribution >= 0.6 is 27.7 Å². The second kappa shape index (κ2) is 6.78. The normalized spacial score (nSPS) is 14.8. The van der Waals surface area contributed by atoms with Crippen LogP contribution in [0.4, 0.5) is 4.39 Å². The molecule has 0 spiro atoms. The van der Waals surface area contributed by atoms with Gasteiger partial charge in [-0.1, -0.05) is 33.8 Å². The number of benzene rings is 1. The van der Waals surface area contributed by atoms with Crippen LogP contribution in [0, 0.1) is 5.82 Å². The Kier molecular flexibility index (Phi) is 4.77. The van der Waals surface area contributed by atoms with Crippen LogP contribution < -0.4 is 0 Å². The fourth-order valence-corrected chi connectivity index (χ4v) is 3.27. The molecule has 0 N–H and O–H groups in total. The number of carbonyl (C=O) groups is 1. The summed E-state index contributed by atoms with van der Waals surface area (Å²) in [6.45, 7) is 1.08. The highest BCUT2D eigenvalue weighted by Crippen LogP contribution is 2.25. The molecule has 0 saturated carbocycles. The lowest BCUT2D eigenvalue weighted by atomic mass is 10.2. The Labute approximate surface area is 139 Å². The van der Waals surface area contributed by atoms with Gasteiger partial charge in [0.2, 0.25) is 11.8 Å². The van der Waals surface area contributed by atoms with Crippen molar-refractivity contribution < 1.29 is 13.6 Å². The first kappa shape index (κ1) is 15.5. The van der Waals surface area contributed by atoms with Crippen molar-refractivity contribution in [3.8, 4) is 0 Å². The molecule has 22 heavy (non-hydrogen) atoms. The van der Waals surface area contributed by atoms with Crippen LogP contribution in [0.15, 0.2) is 32.3 Å². The van der Waals surface area contributed by atoms with Gasteiger partial charge in [-0.05, 0) is 24.1 Å². The van der Waals surface area contributed by atoms with E-state index in [9.17, 15) is 9.18 Å². The molecule has 0 aliphatic carbocycles. The average molecular weight is 386 g/mol. The molecule has 0 radical (unpaired) electrons. The van der Waals surface area contributed by atoms with Crippen LogP contribution in [0.5, 0.6) is 0 Å². The molecule has 2 aromatic rings. The first-order valence-corrected chi connectivity index (χ1v) is 8.56. The largest absolute Gasteiger partial charge is 0.414 e. The SMILES string of the molecule is O=C1CCCN1Cc1nnc(SCc2ccc(Br)cc2F)o1. The highest BCUT2D eigenvalue weighted by atomic mass is 79.9. The van der Waals surface area contributed by atoms with Gasteiger partial charge in [0.1, 0.15) is 5.82 Å². The summed E-state index contributed by atoms with van der Waals surface area (Å²) in [6.07, 6.45) is 1.45. The van der Waals surface area contributed by atoms with E-state index in [1.165, 1.54) is 17.8 Å². The van der Waals surface area contributed by atoms with E-state index in [-0.39, 0.29) is 11.7 Å². The highest BCUT2D eigenvalue weighted by Gasteiger charge is 2.22. The number of nitrogens with zero attached hydrogens (tertiary/aromatic N) is 3. The van der Waals surface area contributed by atoms with Crippen molar-refractivity contribution in [1.82, 2.24) is 15.1 Å². The summed E-state index contributed by atoms with van der Waals surface area (Å²) < 4.78 is 19.9. The maximum absolute atomic E-state index is 13.7. The van der Waals surface area contributed by atoms with Gasteiger partial charge in [0.25, 0.3) is 5.22 Å². The Morgan fingerprint density at radius 3 is 3.00 bits per heavy atom. The van der Waals surface area contributed by atoms with Gasteiger partial charge < -0.3 is 9.32 Å². The fourth-order valence-electron chi connectivity index (χ4n) is 2.17. The number of likely N-dealkylation sites (tertiary alicyclic amines) is 1. The number of halogens is 2. The summed E-state index contributed by atoms with van der Waals surface area (Å²) in [6, 6.07) is 4.93. The molecule has 1 aliphatic heterocycles. The lowest BCUT2D eigenvalue weighted by molar-refractivity contribution is -0.128. The van der Waals surface area contributed by atoms with E-state index in [0.29, 0.717) is 39.9 Å². The molecule has 1 amide bonds. The van der Waals surface area contributed by atoms with Crippen molar-refractivity contribution in [2.75, 3.05) is 6.54 Å². The topological polar surface area (TPSA) is 59.2 Å². The van der Waals surface area contributed by atoms with Crippen molar-refractivity contribution >= 4 is 33.6 Å². The van der Waals surface area contributed by atoms with Gasteiger partial charge in [0, 0.05) is 23.2 Å². The van der Waals surface area contributed by atoms with E-state index in [2.05, 4.69) is 26.1 Å². The molecule has 116 valence electrons. The Morgan fingerprint density at radius 2 is 2.27 bits per heavy atom. The third-order valence-corrected chi connectivity index (χ3v) is 4.67. The van der Waals surface area contributed by atoms with Gasteiger partial charge in [-0.3, -0.25) is 4.79 Å². The second-order valence-corrected chi connectivity index (χ2v) is 6.75. The van der Waals surface area contributed by atoms with Crippen molar-refractivity contribution in [3.63, 3.8) is 0 Å². The molecule has 1 fully saturated rings. The molecule has 0 atom stereocenters. The zero-order valence-corrected chi connectivity index (χ0v) is 14.0. The van der Waals surface area contributed by atoms with Gasteiger partial charge in [0.05, 0.1) is 6.54 Å². The number of hydrogen-bond donors (Lipinski definition) is 0. The molecule has 1 aromatic heterocycles. The molecule has 1 aliphatic rings. The monoisotopic (exact) mass is 385 g/mol. The second-order valence-electron chi connectivity index (χ2n) is 4.90. The van der Waals surface area contributed by atoms with Crippen molar-refractivity contribution in [3.05, 3.63) is 39.9 Å². The Morgan fingerprint density at radius 1 is 1.41 bits per heavy atom. The molecule has 0 unspecified atom stereocenters. The van der Waals surface area contributed by atoms with E-state index in [1.54, 1.807) is 17.0 Å². The summed E-state index contributed by atoms with van der Waals surface area (Å²) in [7, 11) is 0. The third-order valence-electron chi connectivity index (χ3n) is 3.31. The smallest absolute Gasteiger partial charge is 0.276 e. The van der Waals surface area contributed by atoms with Gasteiger partial charge in [-0.15, -0.1) is 10.2 Å². The minimum Gasteiger partial charge on any atom is -0.414 e. The van der Waals surface area contributed by atoms with Gasteiger partial charge in [0.15, 0.2) is 0 Å². The van der Waals surface area contributed by atoms with Crippen molar-refractivity contribution in [2.24, 2.45) is 0 Å².